The van der Waals surface area contributed by atoms with Crippen molar-refractivity contribution in [2.24, 2.45) is 10.8 Å². The van der Waals surface area contributed by atoms with Gasteiger partial charge in [-0.2, -0.15) is 5.01 Å². The standard InChI is InChI=1S/C25H31FN4O5S/c1-24(2,3)35-23(31)30(27)22-28-25(19-12-8-9-13-20(19)26)15-18(14-21(25)36(32,33)29(22)4)34-16-17-10-6-5-7-11-17/h5-13,18,21H,14-16,27H2,1-4H3. The lowest BCUT2D eigenvalue weighted by atomic mass is 9.87. The summed E-state index contributed by atoms with van der Waals surface area (Å²) in [5.74, 6) is 5.08. The lowest BCUT2D eigenvalue weighted by Crippen LogP contribution is -2.60. The van der Waals surface area contributed by atoms with Crippen molar-refractivity contribution in [1.29, 1.82) is 0 Å². The number of rotatable bonds is 4. The van der Waals surface area contributed by atoms with Crippen molar-refractivity contribution in [2.75, 3.05) is 7.05 Å². The van der Waals surface area contributed by atoms with Gasteiger partial charge in [0.2, 0.25) is 16.0 Å². The van der Waals surface area contributed by atoms with Crippen LogP contribution in [0.2, 0.25) is 0 Å². The summed E-state index contributed by atoms with van der Waals surface area (Å²) in [5.41, 5.74) is -1.40. The molecule has 3 atom stereocenters. The molecule has 36 heavy (non-hydrogen) atoms. The molecule has 11 heteroatoms. The van der Waals surface area contributed by atoms with E-state index >= 15 is 4.39 Å². The summed E-state index contributed by atoms with van der Waals surface area (Å²) in [4.78, 5) is 17.4. The van der Waals surface area contributed by atoms with Crippen LogP contribution in [-0.2, 0) is 31.6 Å². The Morgan fingerprint density at radius 1 is 1.19 bits per heavy atom. The molecule has 194 valence electrons. The second-order valence-electron chi connectivity index (χ2n) is 10.0. The number of ether oxygens (including phenoxy) is 2. The highest BCUT2D eigenvalue weighted by Crippen LogP contribution is 2.51. The number of hydrogen-bond acceptors (Lipinski definition) is 7. The number of halogens is 1. The molecule has 9 nitrogen and oxygen atoms in total. The number of carbonyl (C=O) groups is 1. The first kappa shape index (κ1) is 26.1. The molecular formula is C25H31FN4O5S. The van der Waals surface area contributed by atoms with Crippen molar-refractivity contribution < 1.29 is 27.1 Å². The molecule has 1 aliphatic carbocycles. The van der Waals surface area contributed by atoms with Gasteiger partial charge in [0.05, 0.1) is 12.7 Å². The fourth-order valence-electron chi connectivity index (χ4n) is 4.70. The normalized spacial score (nSPS) is 25.2. The van der Waals surface area contributed by atoms with E-state index in [2.05, 4.69) is 4.99 Å². The highest BCUT2D eigenvalue weighted by Gasteiger charge is 2.61. The summed E-state index contributed by atoms with van der Waals surface area (Å²) < 4.78 is 55.0. The Morgan fingerprint density at radius 2 is 1.83 bits per heavy atom. The Balaban J connectivity index is 1.78. The number of carbonyl (C=O) groups excluding carboxylic acids is 1. The third kappa shape index (κ3) is 4.82. The molecule has 1 saturated carbocycles. The van der Waals surface area contributed by atoms with Gasteiger partial charge in [-0.25, -0.2) is 32.7 Å². The van der Waals surface area contributed by atoms with E-state index in [1.165, 1.54) is 25.2 Å². The molecule has 0 bridgehead atoms. The Morgan fingerprint density at radius 3 is 2.47 bits per heavy atom. The predicted octanol–water partition coefficient (Wildman–Crippen LogP) is 3.51. The lowest BCUT2D eigenvalue weighted by Gasteiger charge is -2.41. The fraction of sp³-hybridized carbons (Fsp3) is 0.440. The molecule has 2 aliphatic rings. The van der Waals surface area contributed by atoms with Gasteiger partial charge in [-0.1, -0.05) is 48.5 Å². The van der Waals surface area contributed by atoms with Gasteiger partial charge in [-0.05, 0) is 38.8 Å². The summed E-state index contributed by atoms with van der Waals surface area (Å²) in [5, 5.41) is -0.566. The maximum absolute atomic E-state index is 15.2. The fourth-order valence-corrected chi connectivity index (χ4v) is 6.67. The highest BCUT2D eigenvalue weighted by molar-refractivity contribution is 7.90. The molecule has 2 aromatic carbocycles. The molecule has 1 fully saturated rings. The second-order valence-corrected chi connectivity index (χ2v) is 12.2. The van der Waals surface area contributed by atoms with Crippen molar-refractivity contribution in [3.8, 4) is 0 Å². The minimum Gasteiger partial charge on any atom is -0.442 e. The molecule has 2 aromatic rings. The zero-order chi connectivity index (χ0) is 26.3. The van der Waals surface area contributed by atoms with Crippen LogP contribution >= 0.6 is 0 Å². The number of nitrogens with two attached hydrogens (primary N) is 1. The van der Waals surface area contributed by atoms with Crippen molar-refractivity contribution in [3.63, 3.8) is 0 Å². The molecule has 0 radical (unpaired) electrons. The van der Waals surface area contributed by atoms with Gasteiger partial charge in [-0.15, -0.1) is 0 Å². The van der Waals surface area contributed by atoms with Gasteiger partial charge in [0.25, 0.3) is 0 Å². The first-order valence-electron chi connectivity index (χ1n) is 11.6. The number of sulfonamides is 1. The van der Waals surface area contributed by atoms with Crippen LogP contribution in [0.5, 0.6) is 0 Å². The van der Waals surface area contributed by atoms with Gasteiger partial charge in [0.1, 0.15) is 22.2 Å². The van der Waals surface area contributed by atoms with Crippen molar-refractivity contribution in [1.82, 2.24) is 9.31 Å². The first-order valence-corrected chi connectivity index (χ1v) is 13.1. The monoisotopic (exact) mass is 518 g/mol. The Hall–Kier alpha value is -3.02. The molecular weight excluding hydrogens is 487 g/mol. The number of amides is 1. The molecule has 0 aromatic heterocycles. The maximum Gasteiger partial charge on any atom is 0.431 e. The topological polar surface area (TPSA) is 115 Å². The summed E-state index contributed by atoms with van der Waals surface area (Å²) in [6, 6.07) is 15.4. The van der Waals surface area contributed by atoms with Crippen LogP contribution in [0.25, 0.3) is 0 Å². The van der Waals surface area contributed by atoms with Crippen LogP contribution in [-0.4, -0.2) is 53.8 Å². The van der Waals surface area contributed by atoms with Gasteiger partial charge >= 0.3 is 6.09 Å². The third-order valence-electron chi connectivity index (χ3n) is 6.35. The van der Waals surface area contributed by atoms with Crippen LogP contribution in [0.15, 0.2) is 59.6 Å². The average molecular weight is 519 g/mol. The van der Waals surface area contributed by atoms with Crippen LogP contribution in [0.4, 0.5) is 9.18 Å². The largest absolute Gasteiger partial charge is 0.442 e. The molecule has 1 aliphatic heterocycles. The van der Waals surface area contributed by atoms with E-state index < -0.39 is 44.4 Å². The van der Waals surface area contributed by atoms with Gasteiger partial charge in [0.15, 0.2) is 0 Å². The van der Waals surface area contributed by atoms with Crippen LogP contribution in [0, 0.1) is 5.82 Å². The van der Waals surface area contributed by atoms with E-state index in [-0.39, 0.29) is 31.0 Å². The number of guanidine groups is 1. The van der Waals surface area contributed by atoms with E-state index in [1.807, 2.05) is 30.3 Å². The zero-order valence-electron chi connectivity index (χ0n) is 20.7. The van der Waals surface area contributed by atoms with E-state index in [0.717, 1.165) is 9.87 Å². The number of fused-ring (bicyclic) bond motifs is 1. The number of hydrazine groups is 1. The third-order valence-corrected chi connectivity index (χ3v) is 8.57. The lowest BCUT2D eigenvalue weighted by molar-refractivity contribution is 0.0353. The van der Waals surface area contributed by atoms with E-state index in [9.17, 15) is 13.2 Å². The molecule has 1 heterocycles. The molecule has 2 N–H and O–H groups in total. The summed E-state index contributed by atoms with van der Waals surface area (Å²) in [6.07, 6.45) is -1.33. The summed E-state index contributed by atoms with van der Waals surface area (Å²) in [7, 11) is -2.86. The number of benzene rings is 2. The molecule has 0 spiro atoms. The summed E-state index contributed by atoms with van der Waals surface area (Å²) >= 11 is 0. The number of nitrogens with zero attached hydrogens (tertiary/aromatic N) is 3. The number of aliphatic imine (C=N–C) groups is 1. The Kier molecular flexibility index (Phi) is 6.84. The SMILES string of the molecule is CN1C(N(N)C(=O)OC(C)(C)C)=NC2(c3ccccc3F)CC(OCc3ccccc3)CC2S1(=O)=O. The second kappa shape index (κ2) is 9.45. The van der Waals surface area contributed by atoms with E-state index in [4.69, 9.17) is 15.3 Å². The van der Waals surface area contributed by atoms with Gasteiger partial charge in [0, 0.05) is 19.0 Å². The molecule has 1 amide bonds. The maximum atomic E-state index is 15.2. The van der Waals surface area contributed by atoms with Gasteiger partial charge < -0.3 is 9.47 Å². The molecule has 3 unspecified atom stereocenters. The molecule has 0 saturated heterocycles. The predicted molar refractivity (Wildman–Crippen MR) is 132 cm³/mol. The zero-order valence-corrected chi connectivity index (χ0v) is 21.5. The van der Waals surface area contributed by atoms with E-state index in [1.54, 1.807) is 26.8 Å². The van der Waals surface area contributed by atoms with Crippen molar-refractivity contribution in [3.05, 3.63) is 71.5 Å². The highest BCUT2D eigenvalue weighted by atomic mass is 32.2. The van der Waals surface area contributed by atoms with Gasteiger partial charge in [-0.3, -0.25) is 0 Å². The van der Waals surface area contributed by atoms with Crippen LogP contribution < -0.4 is 5.84 Å². The minimum atomic E-state index is -4.12. The number of hydrogen-bond donors (Lipinski definition) is 1. The Labute approximate surface area is 210 Å². The van der Waals surface area contributed by atoms with Crippen molar-refractivity contribution in [2.45, 2.75) is 62.7 Å². The van der Waals surface area contributed by atoms with Crippen LogP contribution in [0.3, 0.4) is 0 Å². The van der Waals surface area contributed by atoms with Crippen LogP contribution in [0.1, 0.15) is 44.7 Å². The smallest absolute Gasteiger partial charge is 0.431 e. The summed E-state index contributed by atoms with van der Waals surface area (Å²) in [6.45, 7) is 5.23. The van der Waals surface area contributed by atoms with Crippen molar-refractivity contribution >= 4 is 22.1 Å². The average Bonchev–Trinajstić information content (AvgIpc) is 3.20. The Bertz CT molecular complexity index is 1260. The van der Waals surface area contributed by atoms with E-state index in [0.29, 0.717) is 5.01 Å². The first-order chi connectivity index (χ1) is 16.8. The molecule has 4 rings (SSSR count). The quantitative estimate of drug-likeness (QED) is 0.376. The minimum absolute atomic E-state index is 0.0875.